The van der Waals surface area contributed by atoms with Crippen molar-refractivity contribution in [3.8, 4) is 22.8 Å². The van der Waals surface area contributed by atoms with Crippen molar-refractivity contribution in [3.63, 3.8) is 0 Å². The van der Waals surface area contributed by atoms with Gasteiger partial charge >= 0.3 is 0 Å². The predicted molar refractivity (Wildman–Crippen MR) is 113 cm³/mol. The molecule has 30 heavy (non-hydrogen) atoms. The van der Waals surface area contributed by atoms with Gasteiger partial charge in [-0.25, -0.2) is 4.68 Å². The minimum absolute atomic E-state index is 0.186. The third-order valence-electron chi connectivity index (χ3n) is 4.25. The van der Waals surface area contributed by atoms with E-state index in [0.29, 0.717) is 22.9 Å². The Kier molecular flexibility index (Phi) is 5.61. The molecule has 2 aromatic heterocycles. The number of nitrogens with one attached hydrogen (secondary N) is 1. The highest BCUT2D eigenvalue weighted by Gasteiger charge is 2.09. The maximum absolute atomic E-state index is 12.4. The molecule has 0 unspecified atom stereocenters. The van der Waals surface area contributed by atoms with Crippen molar-refractivity contribution in [1.29, 1.82) is 0 Å². The second-order valence-electron chi connectivity index (χ2n) is 6.44. The molecular formula is C23H18N4O3. The number of amides is 1. The van der Waals surface area contributed by atoms with Crippen molar-refractivity contribution in [3.05, 3.63) is 102 Å². The van der Waals surface area contributed by atoms with E-state index in [9.17, 15) is 9.59 Å². The molecule has 7 nitrogen and oxygen atoms in total. The van der Waals surface area contributed by atoms with Crippen molar-refractivity contribution in [2.45, 2.75) is 6.54 Å². The minimum Gasteiger partial charge on any atom is -0.457 e. The van der Waals surface area contributed by atoms with Gasteiger partial charge in [0.05, 0.1) is 5.69 Å². The van der Waals surface area contributed by atoms with Gasteiger partial charge in [-0.3, -0.25) is 14.6 Å². The van der Waals surface area contributed by atoms with E-state index in [2.05, 4.69) is 15.4 Å². The summed E-state index contributed by atoms with van der Waals surface area (Å²) in [5, 5.41) is 7.07. The van der Waals surface area contributed by atoms with E-state index < -0.39 is 0 Å². The fourth-order valence-electron chi connectivity index (χ4n) is 2.81. The summed E-state index contributed by atoms with van der Waals surface area (Å²) in [5.41, 5.74) is 1.75. The second-order valence-corrected chi connectivity index (χ2v) is 6.44. The molecule has 0 bridgehead atoms. The number of rotatable bonds is 6. The second kappa shape index (κ2) is 8.83. The SMILES string of the molecule is O=C(Cn1nc(-c2ccccc2)ccc1=O)Nc1ccc(Oc2ccncc2)cc1. The van der Waals surface area contributed by atoms with E-state index in [1.165, 1.54) is 6.07 Å². The number of carbonyl (C=O) groups excluding carboxylic acids is 1. The van der Waals surface area contributed by atoms with Crippen molar-refractivity contribution >= 4 is 11.6 Å². The van der Waals surface area contributed by atoms with Crippen LogP contribution in [0.5, 0.6) is 11.5 Å². The number of carbonyl (C=O) groups is 1. The zero-order valence-electron chi connectivity index (χ0n) is 15.9. The number of hydrogen-bond acceptors (Lipinski definition) is 5. The molecule has 7 heteroatoms. The Balaban J connectivity index is 1.42. The Morgan fingerprint density at radius 2 is 1.57 bits per heavy atom. The fraction of sp³-hybridized carbons (Fsp3) is 0.0435. The third kappa shape index (κ3) is 4.77. The molecule has 4 rings (SSSR count). The first kappa shape index (κ1) is 19.1. The Morgan fingerprint density at radius 1 is 0.867 bits per heavy atom. The summed E-state index contributed by atoms with van der Waals surface area (Å²) in [7, 11) is 0. The molecule has 4 aromatic rings. The molecule has 0 spiro atoms. The molecule has 1 N–H and O–H groups in total. The van der Waals surface area contributed by atoms with Gasteiger partial charge in [0.25, 0.3) is 5.56 Å². The lowest BCUT2D eigenvalue weighted by molar-refractivity contribution is -0.117. The number of aromatic nitrogens is 3. The standard InChI is InChI=1S/C23H18N4O3/c28-22(16-27-23(29)11-10-21(26-27)17-4-2-1-3-5-17)25-18-6-8-19(9-7-18)30-20-12-14-24-15-13-20/h1-15H,16H2,(H,25,28). The van der Waals surface area contributed by atoms with Crippen LogP contribution in [0.25, 0.3) is 11.3 Å². The molecule has 0 saturated carbocycles. The summed E-state index contributed by atoms with van der Waals surface area (Å²) in [6.45, 7) is -0.186. The summed E-state index contributed by atoms with van der Waals surface area (Å²) in [5.74, 6) is 0.954. The number of nitrogens with zero attached hydrogens (tertiary/aromatic N) is 3. The lowest BCUT2D eigenvalue weighted by Crippen LogP contribution is -2.29. The van der Waals surface area contributed by atoms with Crippen molar-refractivity contribution in [2.24, 2.45) is 0 Å². The van der Waals surface area contributed by atoms with Crippen molar-refractivity contribution in [1.82, 2.24) is 14.8 Å². The highest BCUT2D eigenvalue weighted by atomic mass is 16.5. The van der Waals surface area contributed by atoms with Crippen LogP contribution in [0.4, 0.5) is 5.69 Å². The van der Waals surface area contributed by atoms with Gasteiger partial charge in [-0.2, -0.15) is 5.10 Å². The zero-order valence-corrected chi connectivity index (χ0v) is 15.9. The molecule has 148 valence electrons. The molecule has 0 saturated heterocycles. The number of hydrogen-bond donors (Lipinski definition) is 1. The Bertz CT molecular complexity index is 1190. The van der Waals surface area contributed by atoms with Gasteiger partial charge < -0.3 is 10.1 Å². The summed E-state index contributed by atoms with van der Waals surface area (Å²) in [6.07, 6.45) is 3.29. The molecule has 0 aliphatic heterocycles. The Labute approximate surface area is 172 Å². The maximum Gasteiger partial charge on any atom is 0.267 e. The van der Waals surface area contributed by atoms with Gasteiger partial charge in [0.15, 0.2) is 0 Å². The van der Waals surface area contributed by atoms with Gasteiger partial charge in [-0.1, -0.05) is 30.3 Å². The normalized spacial score (nSPS) is 10.4. The van der Waals surface area contributed by atoms with Crippen LogP contribution < -0.4 is 15.6 Å². The van der Waals surface area contributed by atoms with E-state index in [1.54, 1.807) is 54.9 Å². The lowest BCUT2D eigenvalue weighted by Gasteiger charge is -2.09. The molecular weight excluding hydrogens is 380 g/mol. The van der Waals surface area contributed by atoms with Gasteiger partial charge in [-0.15, -0.1) is 0 Å². The number of pyridine rings is 1. The summed E-state index contributed by atoms with van der Waals surface area (Å²) in [6, 6.07) is 23.0. The van der Waals surface area contributed by atoms with E-state index >= 15 is 0 Å². The number of anilines is 1. The highest BCUT2D eigenvalue weighted by molar-refractivity contribution is 5.90. The lowest BCUT2D eigenvalue weighted by atomic mass is 10.1. The molecule has 0 fully saturated rings. The van der Waals surface area contributed by atoms with Gasteiger partial charge in [0.1, 0.15) is 18.0 Å². The van der Waals surface area contributed by atoms with Crippen LogP contribution >= 0.6 is 0 Å². The van der Waals surface area contributed by atoms with Crippen LogP contribution in [0.1, 0.15) is 0 Å². The van der Waals surface area contributed by atoms with Crippen LogP contribution in [0.3, 0.4) is 0 Å². The monoisotopic (exact) mass is 398 g/mol. The van der Waals surface area contributed by atoms with Crippen molar-refractivity contribution < 1.29 is 9.53 Å². The average Bonchev–Trinajstić information content (AvgIpc) is 2.78. The molecule has 0 atom stereocenters. The van der Waals surface area contributed by atoms with E-state index in [1.807, 2.05) is 30.3 Å². The van der Waals surface area contributed by atoms with Crippen LogP contribution in [0, 0.1) is 0 Å². The van der Waals surface area contributed by atoms with Crippen molar-refractivity contribution in [2.75, 3.05) is 5.32 Å². The first-order valence-corrected chi connectivity index (χ1v) is 9.29. The first-order valence-electron chi connectivity index (χ1n) is 9.29. The third-order valence-corrected chi connectivity index (χ3v) is 4.25. The van der Waals surface area contributed by atoms with Crippen LogP contribution in [0.15, 0.2) is 96.1 Å². The highest BCUT2D eigenvalue weighted by Crippen LogP contribution is 2.22. The first-order chi connectivity index (χ1) is 14.7. The largest absolute Gasteiger partial charge is 0.457 e. The maximum atomic E-state index is 12.4. The quantitative estimate of drug-likeness (QED) is 0.535. The smallest absolute Gasteiger partial charge is 0.267 e. The molecule has 1 amide bonds. The Morgan fingerprint density at radius 3 is 2.30 bits per heavy atom. The van der Waals surface area contributed by atoms with E-state index in [0.717, 1.165) is 10.2 Å². The molecule has 0 radical (unpaired) electrons. The van der Waals surface area contributed by atoms with E-state index in [4.69, 9.17) is 4.74 Å². The topological polar surface area (TPSA) is 86.1 Å². The van der Waals surface area contributed by atoms with Gasteiger partial charge in [-0.05, 0) is 42.5 Å². The zero-order chi connectivity index (χ0) is 20.8. The predicted octanol–water partition coefficient (Wildman–Crippen LogP) is 3.74. The molecule has 2 aromatic carbocycles. The summed E-state index contributed by atoms with van der Waals surface area (Å²) >= 11 is 0. The van der Waals surface area contributed by atoms with Crippen LogP contribution in [0.2, 0.25) is 0 Å². The molecule has 0 aliphatic rings. The molecule has 0 aliphatic carbocycles. The van der Waals surface area contributed by atoms with Gasteiger partial charge in [0, 0.05) is 29.7 Å². The average molecular weight is 398 g/mol. The Hall–Kier alpha value is -4.26. The van der Waals surface area contributed by atoms with Gasteiger partial charge in [0.2, 0.25) is 5.91 Å². The van der Waals surface area contributed by atoms with Crippen LogP contribution in [-0.4, -0.2) is 20.7 Å². The number of ether oxygens (including phenoxy) is 1. The van der Waals surface area contributed by atoms with E-state index in [-0.39, 0.29) is 18.0 Å². The van der Waals surface area contributed by atoms with Crippen LogP contribution in [-0.2, 0) is 11.3 Å². The molecule has 2 heterocycles. The minimum atomic E-state index is -0.349. The summed E-state index contributed by atoms with van der Waals surface area (Å²) in [4.78, 5) is 28.5. The number of benzene rings is 2. The summed E-state index contributed by atoms with van der Waals surface area (Å²) < 4.78 is 6.85. The fourth-order valence-corrected chi connectivity index (χ4v) is 2.81.